The molecule has 0 saturated carbocycles. The van der Waals surface area contributed by atoms with Crippen molar-refractivity contribution in [2.75, 3.05) is 49.5 Å². The highest BCUT2D eigenvalue weighted by atomic mass is 32.2. The molecule has 0 aromatic heterocycles. The minimum Gasteiger partial charge on any atom is -0.388 e. The third kappa shape index (κ3) is 4.75. The van der Waals surface area contributed by atoms with Crippen LogP contribution in [0.3, 0.4) is 0 Å². The van der Waals surface area contributed by atoms with Gasteiger partial charge in [0.05, 0.1) is 4.90 Å². The SMILES string of the molecule is CNc1ccc(C(OS(=O)c2ccccc2)c2ccc(NC)cc2NC)c(NC)c1. The monoisotopic (exact) mass is 424 g/mol. The van der Waals surface area contributed by atoms with Gasteiger partial charge < -0.3 is 21.3 Å². The molecular formula is C23H28N4O2S. The molecule has 0 heterocycles. The molecule has 3 rings (SSSR count). The van der Waals surface area contributed by atoms with E-state index < -0.39 is 17.2 Å². The molecule has 0 fully saturated rings. The Morgan fingerprint density at radius 1 is 0.700 bits per heavy atom. The average molecular weight is 425 g/mol. The lowest BCUT2D eigenvalue weighted by Crippen LogP contribution is -2.13. The van der Waals surface area contributed by atoms with Crippen molar-refractivity contribution in [2.24, 2.45) is 0 Å². The standard InChI is InChI=1S/C23H28N4O2S/c1-24-16-10-12-19(21(14-16)26-3)23(29-30(28)18-8-6-5-7-9-18)20-13-11-17(25-2)15-22(20)27-4/h5-15,23-27H,1-4H3. The first kappa shape index (κ1) is 21.7. The highest BCUT2D eigenvalue weighted by Crippen LogP contribution is 2.38. The Morgan fingerprint density at radius 3 is 1.63 bits per heavy atom. The molecular weight excluding hydrogens is 396 g/mol. The highest BCUT2D eigenvalue weighted by Gasteiger charge is 2.25. The summed E-state index contributed by atoms with van der Waals surface area (Å²) in [5.41, 5.74) is 5.55. The Hall–Kier alpha value is -3.03. The van der Waals surface area contributed by atoms with E-state index in [1.165, 1.54) is 0 Å². The van der Waals surface area contributed by atoms with E-state index in [9.17, 15) is 4.21 Å². The zero-order valence-electron chi connectivity index (χ0n) is 17.7. The molecule has 0 aliphatic heterocycles. The molecule has 4 N–H and O–H groups in total. The molecule has 0 saturated heterocycles. The fraction of sp³-hybridized carbons (Fsp3) is 0.217. The number of rotatable bonds is 9. The van der Waals surface area contributed by atoms with Crippen LogP contribution in [0.4, 0.5) is 22.7 Å². The molecule has 0 radical (unpaired) electrons. The third-order valence-corrected chi connectivity index (χ3v) is 5.93. The molecule has 6 nitrogen and oxygen atoms in total. The predicted molar refractivity (Wildman–Crippen MR) is 127 cm³/mol. The van der Waals surface area contributed by atoms with Crippen LogP contribution in [-0.4, -0.2) is 32.4 Å². The first-order valence-corrected chi connectivity index (χ1v) is 10.8. The molecule has 1 unspecified atom stereocenters. The number of nitrogens with one attached hydrogen (secondary N) is 4. The van der Waals surface area contributed by atoms with Crippen molar-refractivity contribution in [3.05, 3.63) is 77.9 Å². The van der Waals surface area contributed by atoms with E-state index in [4.69, 9.17) is 4.18 Å². The summed E-state index contributed by atoms with van der Waals surface area (Å²) in [6.45, 7) is 0. The van der Waals surface area contributed by atoms with Crippen LogP contribution in [0.5, 0.6) is 0 Å². The molecule has 30 heavy (non-hydrogen) atoms. The van der Waals surface area contributed by atoms with Crippen molar-refractivity contribution in [1.29, 1.82) is 0 Å². The normalized spacial score (nSPS) is 11.8. The smallest absolute Gasteiger partial charge is 0.190 e. The number of benzene rings is 3. The van der Waals surface area contributed by atoms with Gasteiger partial charge in [-0.1, -0.05) is 30.3 Å². The molecule has 0 bridgehead atoms. The van der Waals surface area contributed by atoms with Crippen LogP contribution in [0.2, 0.25) is 0 Å². The van der Waals surface area contributed by atoms with Gasteiger partial charge in [-0.2, -0.15) is 0 Å². The summed E-state index contributed by atoms with van der Waals surface area (Å²) in [7, 11) is 7.49. The largest absolute Gasteiger partial charge is 0.388 e. The second kappa shape index (κ2) is 10.1. The number of hydrogen-bond acceptors (Lipinski definition) is 6. The van der Waals surface area contributed by atoms with E-state index in [0.29, 0.717) is 4.90 Å². The second-order valence-corrected chi connectivity index (χ2v) is 7.76. The number of hydrogen-bond donors (Lipinski definition) is 4. The van der Waals surface area contributed by atoms with E-state index in [2.05, 4.69) is 21.3 Å². The van der Waals surface area contributed by atoms with Crippen molar-refractivity contribution < 1.29 is 8.39 Å². The van der Waals surface area contributed by atoms with Gasteiger partial charge in [0, 0.05) is 62.1 Å². The van der Waals surface area contributed by atoms with Crippen LogP contribution in [0.1, 0.15) is 17.2 Å². The van der Waals surface area contributed by atoms with Crippen LogP contribution in [0.15, 0.2) is 71.6 Å². The lowest BCUT2D eigenvalue weighted by atomic mass is 9.97. The van der Waals surface area contributed by atoms with Crippen LogP contribution >= 0.6 is 0 Å². The van der Waals surface area contributed by atoms with Gasteiger partial charge >= 0.3 is 0 Å². The second-order valence-electron chi connectivity index (χ2n) is 6.63. The topological polar surface area (TPSA) is 74.4 Å². The van der Waals surface area contributed by atoms with E-state index in [0.717, 1.165) is 33.9 Å². The fourth-order valence-corrected chi connectivity index (χ4v) is 4.13. The van der Waals surface area contributed by atoms with Crippen LogP contribution < -0.4 is 21.3 Å². The van der Waals surface area contributed by atoms with Crippen molar-refractivity contribution in [3.63, 3.8) is 0 Å². The number of anilines is 4. The van der Waals surface area contributed by atoms with Crippen molar-refractivity contribution in [1.82, 2.24) is 0 Å². The quantitative estimate of drug-likeness (QED) is 0.400. The maximum Gasteiger partial charge on any atom is 0.190 e. The minimum absolute atomic E-state index is 0.548. The lowest BCUT2D eigenvalue weighted by Gasteiger charge is -2.24. The van der Waals surface area contributed by atoms with Gasteiger partial charge in [-0.05, 0) is 36.4 Å². The van der Waals surface area contributed by atoms with E-state index in [1.807, 2.05) is 82.8 Å². The molecule has 3 aromatic rings. The van der Waals surface area contributed by atoms with E-state index in [-0.39, 0.29) is 0 Å². The van der Waals surface area contributed by atoms with Gasteiger partial charge in [-0.25, -0.2) is 4.21 Å². The zero-order chi connectivity index (χ0) is 21.5. The summed E-state index contributed by atoms with van der Waals surface area (Å²) >= 11 is -1.64. The minimum atomic E-state index is -1.64. The molecule has 158 valence electrons. The Morgan fingerprint density at radius 2 is 1.20 bits per heavy atom. The van der Waals surface area contributed by atoms with Gasteiger partial charge in [0.25, 0.3) is 0 Å². The molecule has 0 aliphatic carbocycles. The average Bonchev–Trinajstić information content (AvgIpc) is 2.82. The summed E-state index contributed by atoms with van der Waals surface area (Å²) in [6.07, 6.45) is -0.548. The third-order valence-electron chi connectivity index (χ3n) is 4.91. The van der Waals surface area contributed by atoms with Gasteiger partial charge in [-0.3, -0.25) is 4.18 Å². The summed E-state index contributed by atoms with van der Waals surface area (Å²) < 4.78 is 19.3. The maximum atomic E-state index is 13.1. The first-order chi connectivity index (χ1) is 14.6. The van der Waals surface area contributed by atoms with Crippen LogP contribution in [-0.2, 0) is 15.3 Å². The predicted octanol–water partition coefficient (Wildman–Crippen LogP) is 4.68. The van der Waals surface area contributed by atoms with Gasteiger partial charge in [-0.15, -0.1) is 0 Å². The summed E-state index contributed by atoms with van der Waals surface area (Å²) in [5.74, 6) is 0. The first-order valence-electron chi connectivity index (χ1n) is 9.74. The fourth-order valence-electron chi connectivity index (χ4n) is 3.26. The van der Waals surface area contributed by atoms with Crippen LogP contribution in [0.25, 0.3) is 0 Å². The van der Waals surface area contributed by atoms with Crippen molar-refractivity contribution in [3.8, 4) is 0 Å². The molecule has 0 amide bonds. The van der Waals surface area contributed by atoms with Crippen molar-refractivity contribution >= 4 is 33.8 Å². The lowest BCUT2D eigenvalue weighted by molar-refractivity contribution is 0.277. The van der Waals surface area contributed by atoms with E-state index in [1.54, 1.807) is 12.1 Å². The summed E-state index contributed by atoms with van der Waals surface area (Å²) in [6, 6.07) is 21.2. The Kier molecular flexibility index (Phi) is 7.32. The Balaban J connectivity index is 2.11. The van der Waals surface area contributed by atoms with Gasteiger partial charge in [0.1, 0.15) is 6.10 Å². The molecule has 1 atom stereocenters. The molecule has 7 heteroatoms. The zero-order valence-corrected chi connectivity index (χ0v) is 18.5. The summed E-state index contributed by atoms with van der Waals surface area (Å²) in [4.78, 5) is 0.623. The van der Waals surface area contributed by atoms with Gasteiger partial charge in [0.15, 0.2) is 11.1 Å². The molecule has 3 aromatic carbocycles. The highest BCUT2D eigenvalue weighted by molar-refractivity contribution is 7.80. The maximum absolute atomic E-state index is 13.1. The summed E-state index contributed by atoms with van der Waals surface area (Å²) in [5, 5.41) is 12.8. The van der Waals surface area contributed by atoms with E-state index >= 15 is 0 Å². The van der Waals surface area contributed by atoms with Crippen LogP contribution in [0, 0.1) is 0 Å². The molecule has 0 aliphatic rings. The van der Waals surface area contributed by atoms with Crippen molar-refractivity contribution in [2.45, 2.75) is 11.0 Å². The Bertz CT molecular complexity index is 956. The molecule has 0 spiro atoms. The Labute approximate surface area is 180 Å². The van der Waals surface area contributed by atoms with Gasteiger partial charge in [0.2, 0.25) is 0 Å².